The molecule has 1 saturated heterocycles. The maximum Gasteiger partial charge on any atom is 0.113 e. The minimum atomic E-state index is 0.115. The zero-order valence-corrected chi connectivity index (χ0v) is 14.3. The number of nitrogens with one attached hydrogen (secondary N) is 1. The molecule has 0 amide bonds. The van der Waals surface area contributed by atoms with Crippen molar-refractivity contribution in [1.29, 1.82) is 0 Å². The predicted octanol–water partition coefficient (Wildman–Crippen LogP) is 3.46. The summed E-state index contributed by atoms with van der Waals surface area (Å²) in [4.78, 5) is 8.83. The van der Waals surface area contributed by atoms with Crippen molar-refractivity contribution in [1.82, 2.24) is 15.2 Å². The molecule has 3 nitrogen and oxygen atoms in total. The zero-order chi connectivity index (χ0) is 14.6. The summed E-state index contributed by atoms with van der Waals surface area (Å²) in [5.74, 6) is 0. The highest BCUT2D eigenvalue weighted by atomic mass is 32.1. The van der Waals surface area contributed by atoms with Gasteiger partial charge in [0.15, 0.2) is 0 Å². The normalized spacial score (nSPS) is 24.8. The van der Waals surface area contributed by atoms with Gasteiger partial charge in [-0.25, -0.2) is 4.98 Å². The number of likely N-dealkylation sites (tertiary alicyclic amines) is 1. The van der Waals surface area contributed by atoms with Crippen molar-refractivity contribution in [3.05, 3.63) is 15.6 Å². The minimum Gasteiger partial charge on any atom is -0.305 e. The van der Waals surface area contributed by atoms with Gasteiger partial charge in [0, 0.05) is 11.4 Å². The van der Waals surface area contributed by atoms with Gasteiger partial charge in [-0.15, -0.1) is 11.3 Å². The van der Waals surface area contributed by atoms with Crippen LogP contribution in [0.5, 0.6) is 0 Å². The van der Waals surface area contributed by atoms with E-state index >= 15 is 0 Å². The van der Waals surface area contributed by atoms with Gasteiger partial charge >= 0.3 is 0 Å². The Morgan fingerprint density at radius 1 is 1.25 bits per heavy atom. The van der Waals surface area contributed by atoms with Crippen LogP contribution in [0.1, 0.15) is 55.1 Å². The highest BCUT2D eigenvalue weighted by molar-refractivity contribution is 7.11. The van der Waals surface area contributed by atoms with Gasteiger partial charge in [-0.05, 0) is 59.2 Å². The van der Waals surface area contributed by atoms with E-state index in [1.165, 1.54) is 60.9 Å². The third-order valence-electron chi connectivity index (χ3n) is 4.53. The molecule has 0 aromatic carbocycles. The summed E-state index contributed by atoms with van der Waals surface area (Å²) in [6.45, 7) is 13.5. The lowest BCUT2D eigenvalue weighted by molar-refractivity contribution is 0.264. The van der Waals surface area contributed by atoms with Gasteiger partial charge in [0.05, 0.1) is 11.2 Å². The largest absolute Gasteiger partial charge is 0.305 e. The number of aryl methyl sites for hydroxylation is 2. The summed E-state index contributed by atoms with van der Waals surface area (Å²) in [5.41, 5.74) is 1.32. The number of hydrogen-bond donors (Lipinski definition) is 1. The number of nitrogens with zero attached hydrogens (tertiary/aromatic N) is 2. The first-order valence-electron chi connectivity index (χ1n) is 8.03. The van der Waals surface area contributed by atoms with Crippen molar-refractivity contribution in [2.75, 3.05) is 26.2 Å². The molecule has 1 aromatic rings. The first kappa shape index (κ1) is 15.9. The van der Waals surface area contributed by atoms with Gasteiger partial charge in [0.25, 0.3) is 0 Å². The Kier molecular flexibility index (Phi) is 5.58. The van der Waals surface area contributed by atoms with E-state index < -0.39 is 0 Å². The fourth-order valence-electron chi connectivity index (χ4n) is 3.01. The van der Waals surface area contributed by atoms with Gasteiger partial charge in [-0.3, -0.25) is 0 Å². The Morgan fingerprint density at radius 2 is 2.05 bits per heavy atom. The molecule has 0 saturated carbocycles. The van der Waals surface area contributed by atoms with Crippen LogP contribution in [-0.2, 0) is 5.54 Å². The average Bonchev–Trinajstić information content (AvgIpc) is 2.67. The summed E-state index contributed by atoms with van der Waals surface area (Å²) in [7, 11) is 0. The lowest BCUT2D eigenvalue weighted by Gasteiger charge is -2.32. The van der Waals surface area contributed by atoms with Gasteiger partial charge in [0.1, 0.15) is 5.01 Å². The van der Waals surface area contributed by atoms with E-state index in [4.69, 9.17) is 4.98 Å². The van der Waals surface area contributed by atoms with Crippen molar-refractivity contribution in [2.45, 2.75) is 58.9 Å². The van der Waals surface area contributed by atoms with Crippen LogP contribution in [0.2, 0.25) is 0 Å². The van der Waals surface area contributed by atoms with Crippen LogP contribution in [0, 0.1) is 13.8 Å². The summed E-state index contributed by atoms with van der Waals surface area (Å²) in [6, 6.07) is 0. The number of thiazole rings is 1. The molecule has 1 atom stereocenters. The predicted molar refractivity (Wildman–Crippen MR) is 87.5 cm³/mol. The molecule has 20 heavy (non-hydrogen) atoms. The molecular formula is C16H29N3S. The van der Waals surface area contributed by atoms with Crippen LogP contribution in [0.4, 0.5) is 0 Å². The van der Waals surface area contributed by atoms with Crippen LogP contribution >= 0.6 is 11.3 Å². The molecule has 1 fully saturated rings. The quantitative estimate of drug-likeness (QED) is 0.901. The Bertz CT molecular complexity index is 410. The molecule has 1 unspecified atom stereocenters. The van der Waals surface area contributed by atoms with E-state index in [0.717, 1.165) is 6.54 Å². The first-order chi connectivity index (χ1) is 9.61. The molecule has 0 bridgehead atoms. The average molecular weight is 295 g/mol. The highest BCUT2D eigenvalue weighted by Crippen LogP contribution is 2.36. The van der Waals surface area contributed by atoms with E-state index in [0.29, 0.717) is 0 Å². The van der Waals surface area contributed by atoms with Crippen molar-refractivity contribution in [2.24, 2.45) is 0 Å². The van der Waals surface area contributed by atoms with Crippen molar-refractivity contribution < 1.29 is 0 Å². The van der Waals surface area contributed by atoms with Gasteiger partial charge in [-0.2, -0.15) is 0 Å². The van der Waals surface area contributed by atoms with Crippen LogP contribution in [0.25, 0.3) is 0 Å². The van der Waals surface area contributed by atoms with E-state index in [2.05, 4.69) is 37.9 Å². The maximum absolute atomic E-state index is 4.89. The SMILES string of the molecule is CCCNC1(c2nc(C)c(C)s2)CCCN(CC)CC1. The molecule has 1 aromatic heterocycles. The van der Waals surface area contributed by atoms with Crippen LogP contribution in [-0.4, -0.2) is 36.1 Å². The van der Waals surface area contributed by atoms with Crippen molar-refractivity contribution in [3.8, 4) is 0 Å². The van der Waals surface area contributed by atoms with Crippen LogP contribution < -0.4 is 5.32 Å². The monoisotopic (exact) mass is 295 g/mol. The molecule has 1 aliphatic heterocycles. The molecule has 114 valence electrons. The van der Waals surface area contributed by atoms with E-state index in [1.807, 2.05) is 11.3 Å². The lowest BCUT2D eigenvalue weighted by atomic mass is 9.91. The van der Waals surface area contributed by atoms with Gasteiger partial charge in [-0.1, -0.05) is 13.8 Å². The van der Waals surface area contributed by atoms with Gasteiger partial charge < -0.3 is 10.2 Å². The van der Waals surface area contributed by atoms with Gasteiger partial charge in [0.2, 0.25) is 0 Å². The number of aromatic nitrogens is 1. The van der Waals surface area contributed by atoms with Crippen molar-refractivity contribution >= 4 is 11.3 Å². The second-order valence-corrected chi connectivity index (χ2v) is 7.16. The Morgan fingerprint density at radius 3 is 2.65 bits per heavy atom. The van der Waals surface area contributed by atoms with Crippen LogP contribution in [0.15, 0.2) is 0 Å². The fraction of sp³-hybridized carbons (Fsp3) is 0.812. The lowest BCUT2D eigenvalue weighted by Crippen LogP contribution is -2.43. The molecule has 2 heterocycles. The molecular weight excluding hydrogens is 266 g/mol. The Hall–Kier alpha value is -0.450. The smallest absolute Gasteiger partial charge is 0.113 e. The Balaban J connectivity index is 2.25. The van der Waals surface area contributed by atoms with Crippen molar-refractivity contribution in [3.63, 3.8) is 0 Å². The second-order valence-electron chi connectivity index (χ2n) is 5.96. The molecule has 1 N–H and O–H groups in total. The molecule has 0 radical (unpaired) electrons. The molecule has 4 heteroatoms. The summed E-state index contributed by atoms with van der Waals surface area (Å²) in [6.07, 6.45) is 4.86. The zero-order valence-electron chi connectivity index (χ0n) is 13.5. The second kappa shape index (κ2) is 7.01. The maximum atomic E-state index is 4.89. The third kappa shape index (κ3) is 3.41. The topological polar surface area (TPSA) is 28.2 Å². The standard InChI is InChI=1S/C16H29N3S/c1-5-10-17-16(15-18-13(3)14(4)20-15)8-7-11-19(6-2)12-9-16/h17H,5-12H2,1-4H3. The fourth-order valence-corrected chi connectivity index (χ4v) is 4.15. The summed E-state index contributed by atoms with van der Waals surface area (Å²) in [5, 5.41) is 5.17. The molecule has 0 spiro atoms. The van der Waals surface area contributed by atoms with E-state index in [9.17, 15) is 0 Å². The minimum absolute atomic E-state index is 0.115. The summed E-state index contributed by atoms with van der Waals surface area (Å²) >= 11 is 1.90. The molecule has 0 aliphatic carbocycles. The Labute approximate surface area is 127 Å². The molecule has 2 rings (SSSR count). The highest BCUT2D eigenvalue weighted by Gasteiger charge is 2.36. The molecule has 1 aliphatic rings. The first-order valence-corrected chi connectivity index (χ1v) is 8.85. The van der Waals surface area contributed by atoms with E-state index in [1.54, 1.807) is 0 Å². The van der Waals surface area contributed by atoms with E-state index in [-0.39, 0.29) is 5.54 Å². The van der Waals surface area contributed by atoms with Crippen LogP contribution in [0.3, 0.4) is 0 Å². The number of hydrogen-bond acceptors (Lipinski definition) is 4. The third-order valence-corrected chi connectivity index (χ3v) is 5.81. The number of rotatable bonds is 5. The summed E-state index contributed by atoms with van der Waals surface area (Å²) < 4.78 is 0.